The van der Waals surface area contributed by atoms with E-state index in [-0.39, 0.29) is 5.91 Å². The van der Waals surface area contributed by atoms with Crippen molar-refractivity contribution in [3.8, 4) is 0 Å². The fraction of sp³-hybridized carbons (Fsp3) is 0.889. The molecule has 0 radical (unpaired) electrons. The Labute approximate surface area is 87.8 Å². The molecule has 1 amide bonds. The SMILES string of the molecule is NC(=O)CCCCCC1CCSS1. The molecule has 2 nitrogen and oxygen atoms in total. The Morgan fingerprint density at radius 3 is 2.85 bits per heavy atom. The van der Waals surface area contributed by atoms with Crippen molar-refractivity contribution in [2.75, 3.05) is 5.75 Å². The number of unbranched alkanes of at least 4 members (excludes halogenated alkanes) is 2. The maximum atomic E-state index is 10.4. The molecule has 0 bridgehead atoms. The van der Waals surface area contributed by atoms with Crippen molar-refractivity contribution >= 4 is 27.5 Å². The van der Waals surface area contributed by atoms with Crippen LogP contribution in [0.1, 0.15) is 38.5 Å². The van der Waals surface area contributed by atoms with Gasteiger partial charge in [0, 0.05) is 17.4 Å². The van der Waals surface area contributed by atoms with Gasteiger partial charge >= 0.3 is 0 Å². The Morgan fingerprint density at radius 2 is 2.23 bits per heavy atom. The van der Waals surface area contributed by atoms with E-state index in [0.717, 1.165) is 18.1 Å². The minimum atomic E-state index is -0.161. The maximum Gasteiger partial charge on any atom is 0.217 e. The van der Waals surface area contributed by atoms with Gasteiger partial charge in [-0.2, -0.15) is 0 Å². The Hall–Kier alpha value is 0.170. The maximum absolute atomic E-state index is 10.4. The molecule has 1 heterocycles. The minimum Gasteiger partial charge on any atom is -0.370 e. The predicted octanol–water partition coefficient (Wildman–Crippen LogP) is 2.58. The van der Waals surface area contributed by atoms with Gasteiger partial charge in [0.05, 0.1) is 0 Å². The molecular weight excluding hydrogens is 202 g/mol. The third kappa shape index (κ3) is 5.47. The van der Waals surface area contributed by atoms with Gasteiger partial charge in [-0.05, 0) is 19.3 Å². The van der Waals surface area contributed by atoms with E-state index in [0.29, 0.717) is 6.42 Å². The Morgan fingerprint density at radius 1 is 1.38 bits per heavy atom. The number of carbonyl (C=O) groups excluding carboxylic acids is 1. The first-order valence-electron chi connectivity index (χ1n) is 4.85. The molecule has 1 aliphatic rings. The number of nitrogens with two attached hydrogens (primary N) is 1. The van der Waals surface area contributed by atoms with E-state index >= 15 is 0 Å². The monoisotopic (exact) mass is 219 g/mol. The molecule has 0 aliphatic carbocycles. The van der Waals surface area contributed by atoms with Gasteiger partial charge in [-0.15, -0.1) is 0 Å². The highest BCUT2D eigenvalue weighted by molar-refractivity contribution is 8.77. The number of carbonyl (C=O) groups is 1. The van der Waals surface area contributed by atoms with Gasteiger partial charge in [0.25, 0.3) is 0 Å². The fourth-order valence-electron chi connectivity index (χ4n) is 1.41. The molecule has 1 saturated heterocycles. The van der Waals surface area contributed by atoms with Crippen LogP contribution in [0, 0.1) is 0 Å². The zero-order valence-electron chi connectivity index (χ0n) is 7.83. The molecule has 1 atom stereocenters. The van der Waals surface area contributed by atoms with Gasteiger partial charge in [0.15, 0.2) is 0 Å². The van der Waals surface area contributed by atoms with E-state index in [1.807, 2.05) is 21.6 Å². The van der Waals surface area contributed by atoms with Gasteiger partial charge in [0.1, 0.15) is 0 Å². The Balaban J connectivity index is 1.86. The van der Waals surface area contributed by atoms with Crippen LogP contribution in [0.3, 0.4) is 0 Å². The first-order valence-corrected chi connectivity index (χ1v) is 7.24. The van der Waals surface area contributed by atoms with Crippen molar-refractivity contribution in [1.29, 1.82) is 0 Å². The number of hydrogen-bond donors (Lipinski definition) is 1. The third-order valence-corrected chi connectivity index (χ3v) is 5.18. The van der Waals surface area contributed by atoms with Crippen LogP contribution in [0.4, 0.5) is 0 Å². The second-order valence-corrected chi connectivity index (χ2v) is 6.18. The quantitative estimate of drug-likeness (QED) is 0.551. The molecule has 1 rings (SSSR count). The van der Waals surface area contributed by atoms with Crippen LogP contribution in [-0.2, 0) is 4.79 Å². The first-order chi connectivity index (χ1) is 6.29. The lowest BCUT2D eigenvalue weighted by Crippen LogP contribution is -2.09. The predicted molar refractivity (Wildman–Crippen MR) is 60.7 cm³/mol. The largest absolute Gasteiger partial charge is 0.370 e. The smallest absolute Gasteiger partial charge is 0.217 e. The molecule has 0 aromatic rings. The molecule has 1 unspecified atom stereocenters. The molecule has 13 heavy (non-hydrogen) atoms. The second kappa shape index (κ2) is 6.60. The molecule has 4 heteroatoms. The summed E-state index contributed by atoms with van der Waals surface area (Å²) < 4.78 is 0. The van der Waals surface area contributed by atoms with Crippen LogP contribution in [0.15, 0.2) is 0 Å². The lowest BCUT2D eigenvalue weighted by molar-refractivity contribution is -0.118. The lowest BCUT2D eigenvalue weighted by Gasteiger charge is -2.05. The van der Waals surface area contributed by atoms with Gasteiger partial charge in [0.2, 0.25) is 5.91 Å². The molecule has 1 fully saturated rings. The molecule has 0 aromatic heterocycles. The average molecular weight is 219 g/mol. The average Bonchev–Trinajstić information content (AvgIpc) is 2.55. The van der Waals surface area contributed by atoms with E-state index < -0.39 is 0 Å². The Kier molecular flexibility index (Phi) is 5.71. The standard InChI is InChI=1S/C9H17NOS2/c10-9(11)5-3-1-2-4-8-6-7-12-13-8/h8H,1-7H2,(H2,10,11). The van der Waals surface area contributed by atoms with Crippen molar-refractivity contribution in [1.82, 2.24) is 0 Å². The van der Waals surface area contributed by atoms with Gasteiger partial charge in [-0.25, -0.2) is 0 Å². The van der Waals surface area contributed by atoms with E-state index in [2.05, 4.69) is 0 Å². The summed E-state index contributed by atoms with van der Waals surface area (Å²) in [5.74, 6) is 1.15. The number of rotatable bonds is 6. The van der Waals surface area contributed by atoms with Crippen LogP contribution in [0.2, 0.25) is 0 Å². The normalized spacial score (nSPS) is 22.0. The first kappa shape index (κ1) is 11.2. The van der Waals surface area contributed by atoms with Crippen LogP contribution < -0.4 is 5.73 Å². The fourth-order valence-corrected chi connectivity index (χ4v) is 4.44. The van der Waals surface area contributed by atoms with Crippen molar-refractivity contribution in [3.63, 3.8) is 0 Å². The number of hydrogen-bond acceptors (Lipinski definition) is 3. The van der Waals surface area contributed by atoms with Crippen molar-refractivity contribution in [2.45, 2.75) is 43.8 Å². The van der Waals surface area contributed by atoms with Crippen LogP contribution in [0.25, 0.3) is 0 Å². The van der Waals surface area contributed by atoms with Crippen LogP contribution in [0.5, 0.6) is 0 Å². The second-order valence-electron chi connectivity index (χ2n) is 3.39. The van der Waals surface area contributed by atoms with E-state index in [9.17, 15) is 4.79 Å². The summed E-state index contributed by atoms with van der Waals surface area (Å²) in [7, 11) is 4.03. The van der Waals surface area contributed by atoms with Crippen LogP contribution >= 0.6 is 21.6 Å². The highest BCUT2D eigenvalue weighted by Gasteiger charge is 2.15. The number of amides is 1. The lowest BCUT2D eigenvalue weighted by atomic mass is 10.1. The summed E-state index contributed by atoms with van der Waals surface area (Å²) >= 11 is 0. The zero-order chi connectivity index (χ0) is 9.52. The van der Waals surface area contributed by atoms with E-state index in [1.165, 1.54) is 25.0 Å². The molecule has 0 aromatic carbocycles. The molecule has 2 N–H and O–H groups in total. The molecule has 0 saturated carbocycles. The molecule has 1 aliphatic heterocycles. The summed E-state index contributed by atoms with van der Waals surface area (Å²) in [6.45, 7) is 0. The third-order valence-electron chi connectivity index (χ3n) is 2.18. The zero-order valence-corrected chi connectivity index (χ0v) is 9.46. The summed E-state index contributed by atoms with van der Waals surface area (Å²) in [6.07, 6.45) is 6.63. The summed E-state index contributed by atoms with van der Waals surface area (Å²) in [5, 5.41) is 0.874. The Bertz CT molecular complexity index is 158. The van der Waals surface area contributed by atoms with E-state index in [4.69, 9.17) is 5.73 Å². The highest BCUT2D eigenvalue weighted by Crippen LogP contribution is 2.39. The molecular formula is C9H17NOS2. The van der Waals surface area contributed by atoms with Crippen LogP contribution in [-0.4, -0.2) is 16.9 Å². The molecule has 76 valence electrons. The van der Waals surface area contributed by atoms with Crippen molar-refractivity contribution in [2.24, 2.45) is 5.73 Å². The number of primary amides is 1. The minimum absolute atomic E-state index is 0.161. The van der Waals surface area contributed by atoms with Gasteiger partial charge in [-0.1, -0.05) is 34.4 Å². The summed E-state index contributed by atoms with van der Waals surface area (Å²) in [6, 6.07) is 0. The molecule has 0 spiro atoms. The van der Waals surface area contributed by atoms with Gasteiger partial charge in [-0.3, -0.25) is 4.79 Å². The topological polar surface area (TPSA) is 43.1 Å². The van der Waals surface area contributed by atoms with Gasteiger partial charge < -0.3 is 5.73 Å². The van der Waals surface area contributed by atoms with Crippen molar-refractivity contribution < 1.29 is 4.79 Å². The van der Waals surface area contributed by atoms with Crippen molar-refractivity contribution in [3.05, 3.63) is 0 Å². The summed E-state index contributed by atoms with van der Waals surface area (Å²) in [5.41, 5.74) is 5.05. The summed E-state index contributed by atoms with van der Waals surface area (Å²) in [4.78, 5) is 10.4. The van der Waals surface area contributed by atoms with E-state index in [1.54, 1.807) is 0 Å². The highest BCUT2D eigenvalue weighted by atomic mass is 33.1.